The molecule has 3 rings (SSSR count). The van der Waals surface area contributed by atoms with E-state index in [2.05, 4.69) is 47.1 Å². The number of pyridine rings is 1. The molecule has 1 atom stereocenters. The third-order valence-corrected chi connectivity index (χ3v) is 4.27. The lowest BCUT2D eigenvalue weighted by Gasteiger charge is -2.41. The van der Waals surface area contributed by atoms with Gasteiger partial charge in [0.15, 0.2) is 0 Å². The zero-order valence-electron chi connectivity index (χ0n) is 12.7. The monoisotopic (exact) mass is 282 g/mol. The molecule has 1 saturated heterocycles. The van der Waals surface area contributed by atoms with E-state index in [0.717, 1.165) is 31.0 Å². The highest BCUT2D eigenvalue weighted by Gasteiger charge is 2.29. The minimum Gasteiger partial charge on any atom is -0.497 e. The number of aryl methyl sites for hydroxylation is 1. The lowest BCUT2D eigenvalue weighted by molar-refractivity contribution is 0.0802. The predicted octanol–water partition coefficient (Wildman–Crippen LogP) is 3.60. The summed E-state index contributed by atoms with van der Waals surface area (Å²) in [5.74, 6) is 0.935. The van der Waals surface area contributed by atoms with Gasteiger partial charge in [0.1, 0.15) is 5.75 Å². The van der Waals surface area contributed by atoms with Crippen molar-refractivity contribution >= 4 is 0 Å². The van der Waals surface area contributed by atoms with Crippen LogP contribution in [0, 0.1) is 0 Å². The SMILES string of the molecule is CCc1ccc(CN2CC[C@H]2c2cccc(OC)c2)nc1. The first kappa shape index (κ1) is 14.1. The van der Waals surface area contributed by atoms with Crippen LogP contribution in [0.5, 0.6) is 5.75 Å². The van der Waals surface area contributed by atoms with Gasteiger partial charge in [0.05, 0.1) is 12.8 Å². The summed E-state index contributed by atoms with van der Waals surface area (Å²) in [6.45, 7) is 4.22. The normalized spacial score (nSPS) is 18.3. The van der Waals surface area contributed by atoms with Crippen LogP contribution in [0.1, 0.15) is 36.2 Å². The van der Waals surface area contributed by atoms with Crippen molar-refractivity contribution in [1.29, 1.82) is 0 Å². The van der Waals surface area contributed by atoms with Crippen molar-refractivity contribution in [3.63, 3.8) is 0 Å². The van der Waals surface area contributed by atoms with Crippen molar-refractivity contribution in [2.24, 2.45) is 0 Å². The maximum Gasteiger partial charge on any atom is 0.119 e. The highest BCUT2D eigenvalue weighted by Crippen LogP contribution is 2.35. The molecule has 0 unspecified atom stereocenters. The first-order chi connectivity index (χ1) is 10.3. The molecule has 1 aromatic carbocycles. The lowest BCUT2D eigenvalue weighted by Crippen LogP contribution is -2.40. The van der Waals surface area contributed by atoms with Crippen LogP contribution in [-0.2, 0) is 13.0 Å². The molecule has 0 amide bonds. The van der Waals surface area contributed by atoms with Gasteiger partial charge >= 0.3 is 0 Å². The van der Waals surface area contributed by atoms with Crippen molar-refractivity contribution in [2.45, 2.75) is 32.4 Å². The zero-order valence-corrected chi connectivity index (χ0v) is 12.7. The molecule has 3 heteroatoms. The fourth-order valence-corrected chi connectivity index (χ4v) is 2.82. The second-order valence-electron chi connectivity index (χ2n) is 5.56. The van der Waals surface area contributed by atoms with Crippen LogP contribution in [0.15, 0.2) is 42.6 Å². The first-order valence-corrected chi connectivity index (χ1v) is 7.62. The number of rotatable bonds is 5. The Labute approximate surface area is 126 Å². The minimum atomic E-state index is 0.493. The van der Waals surface area contributed by atoms with E-state index < -0.39 is 0 Å². The number of nitrogens with zero attached hydrogens (tertiary/aromatic N) is 2. The van der Waals surface area contributed by atoms with Gasteiger partial charge in [0.25, 0.3) is 0 Å². The van der Waals surface area contributed by atoms with Gasteiger partial charge in [-0.3, -0.25) is 9.88 Å². The average molecular weight is 282 g/mol. The zero-order chi connectivity index (χ0) is 14.7. The van der Waals surface area contributed by atoms with E-state index in [0.29, 0.717) is 6.04 Å². The van der Waals surface area contributed by atoms with Gasteiger partial charge in [-0.05, 0) is 42.2 Å². The number of benzene rings is 1. The molecule has 1 aromatic heterocycles. The molecule has 110 valence electrons. The van der Waals surface area contributed by atoms with Crippen molar-refractivity contribution in [1.82, 2.24) is 9.88 Å². The number of aromatic nitrogens is 1. The number of hydrogen-bond acceptors (Lipinski definition) is 3. The topological polar surface area (TPSA) is 25.4 Å². The quantitative estimate of drug-likeness (QED) is 0.838. The summed E-state index contributed by atoms with van der Waals surface area (Å²) in [5, 5.41) is 0. The van der Waals surface area contributed by atoms with E-state index >= 15 is 0 Å². The van der Waals surface area contributed by atoms with E-state index in [-0.39, 0.29) is 0 Å². The van der Waals surface area contributed by atoms with Crippen LogP contribution in [0.2, 0.25) is 0 Å². The maximum absolute atomic E-state index is 5.32. The second-order valence-corrected chi connectivity index (χ2v) is 5.56. The summed E-state index contributed by atoms with van der Waals surface area (Å²) in [6, 6.07) is 13.2. The standard InChI is InChI=1S/C18H22N2O/c1-3-14-7-8-16(19-12-14)13-20-10-9-18(20)15-5-4-6-17(11-15)21-2/h4-8,11-12,18H,3,9-10,13H2,1-2H3/t18-/m0/s1. The molecular weight excluding hydrogens is 260 g/mol. The molecule has 2 aromatic rings. The molecular formula is C18H22N2O. The number of hydrogen-bond donors (Lipinski definition) is 0. The fourth-order valence-electron chi connectivity index (χ4n) is 2.82. The third kappa shape index (κ3) is 3.08. The third-order valence-electron chi connectivity index (χ3n) is 4.27. The van der Waals surface area contributed by atoms with E-state index in [4.69, 9.17) is 4.74 Å². The molecule has 1 fully saturated rings. The van der Waals surface area contributed by atoms with E-state index in [9.17, 15) is 0 Å². The van der Waals surface area contributed by atoms with Crippen LogP contribution < -0.4 is 4.74 Å². The highest BCUT2D eigenvalue weighted by molar-refractivity contribution is 5.31. The van der Waals surface area contributed by atoms with Gasteiger partial charge in [0, 0.05) is 25.3 Å². The highest BCUT2D eigenvalue weighted by atomic mass is 16.5. The van der Waals surface area contributed by atoms with Crippen molar-refractivity contribution in [2.75, 3.05) is 13.7 Å². The van der Waals surface area contributed by atoms with E-state index in [1.54, 1.807) is 7.11 Å². The summed E-state index contributed by atoms with van der Waals surface area (Å²) in [6.07, 6.45) is 4.25. The smallest absolute Gasteiger partial charge is 0.119 e. The maximum atomic E-state index is 5.32. The first-order valence-electron chi connectivity index (χ1n) is 7.62. The van der Waals surface area contributed by atoms with Gasteiger partial charge < -0.3 is 4.74 Å². The lowest BCUT2D eigenvalue weighted by atomic mass is 9.94. The Morgan fingerprint density at radius 2 is 2.19 bits per heavy atom. The van der Waals surface area contributed by atoms with Crippen LogP contribution in [-0.4, -0.2) is 23.5 Å². The average Bonchev–Trinajstić information content (AvgIpc) is 2.52. The van der Waals surface area contributed by atoms with Crippen LogP contribution >= 0.6 is 0 Å². The van der Waals surface area contributed by atoms with Gasteiger partial charge in [-0.25, -0.2) is 0 Å². The second kappa shape index (κ2) is 6.27. The molecule has 21 heavy (non-hydrogen) atoms. The molecule has 2 heterocycles. The fraction of sp³-hybridized carbons (Fsp3) is 0.389. The molecule has 1 aliphatic rings. The molecule has 0 bridgehead atoms. The molecule has 3 nitrogen and oxygen atoms in total. The van der Waals surface area contributed by atoms with Crippen molar-refractivity contribution in [3.8, 4) is 5.75 Å². The Balaban J connectivity index is 1.68. The Bertz CT molecular complexity index is 594. The number of methoxy groups -OCH3 is 1. The summed E-state index contributed by atoms with van der Waals surface area (Å²) < 4.78 is 5.32. The Hall–Kier alpha value is -1.87. The number of ether oxygens (including phenoxy) is 1. The van der Waals surface area contributed by atoms with Crippen molar-refractivity contribution in [3.05, 3.63) is 59.4 Å². The van der Waals surface area contributed by atoms with Gasteiger partial charge in [-0.15, -0.1) is 0 Å². The largest absolute Gasteiger partial charge is 0.497 e. The van der Waals surface area contributed by atoms with Gasteiger partial charge in [-0.2, -0.15) is 0 Å². The van der Waals surface area contributed by atoms with Crippen molar-refractivity contribution < 1.29 is 4.74 Å². The van der Waals surface area contributed by atoms with Gasteiger partial charge in [0.2, 0.25) is 0 Å². The summed E-state index contributed by atoms with van der Waals surface area (Å²) in [7, 11) is 1.72. The Morgan fingerprint density at radius 3 is 2.81 bits per heavy atom. The molecule has 1 aliphatic heterocycles. The summed E-state index contributed by atoms with van der Waals surface area (Å²) in [5.41, 5.74) is 3.79. The summed E-state index contributed by atoms with van der Waals surface area (Å²) in [4.78, 5) is 7.04. The number of likely N-dealkylation sites (tertiary alicyclic amines) is 1. The van der Waals surface area contributed by atoms with Crippen LogP contribution in [0.25, 0.3) is 0 Å². The Morgan fingerprint density at radius 1 is 1.29 bits per heavy atom. The van der Waals surface area contributed by atoms with Crippen LogP contribution in [0.3, 0.4) is 0 Å². The van der Waals surface area contributed by atoms with Gasteiger partial charge in [-0.1, -0.05) is 25.1 Å². The summed E-state index contributed by atoms with van der Waals surface area (Å²) >= 11 is 0. The molecule has 0 N–H and O–H groups in total. The van der Waals surface area contributed by atoms with Crippen LogP contribution in [0.4, 0.5) is 0 Å². The Kier molecular flexibility index (Phi) is 4.20. The molecule has 0 aliphatic carbocycles. The van der Waals surface area contributed by atoms with E-state index in [1.807, 2.05) is 12.3 Å². The predicted molar refractivity (Wildman–Crippen MR) is 84.4 cm³/mol. The molecule has 0 spiro atoms. The minimum absolute atomic E-state index is 0.493. The molecule has 0 radical (unpaired) electrons. The molecule has 0 saturated carbocycles. The van der Waals surface area contributed by atoms with E-state index in [1.165, 1.54) is 17.5 Å².